The van der Waals surface area contributed by atoms with Crippen molar-refractivity contribution in [3.05, 3.63) is 0 Å². The predicted molar refractivity (Wildman–Crippen MR) is 52.5 cm³/mol. The first-order chi connectivity index (χ1) is 5.85. The Kier molecular flexibility index (Phi) is 7.86. The van der Waals surface area contributed by atoms with Crippen molar-refractivity contribution >= 4 is 6.02 Å². The lowest BCUT2D eigenvalue weighted by molar-refractivity contribution is 0.309. The summed E-state index contributed by atoms with van der Waals surface area (Å²) in [7, 11) is 0. The molecule has 0 aromatic rings. The van der Waals surface area contributed by atoms with E-state index in [1.807, 2.05) is 13.8 Å². The third kappa shape index (κ3) is 6.01. The van der Waals surface area contributed by atoms with E-state index >= 15 is 0 Å². The minimum absolute atomic E-state index is 0.679. The van der Waals surface area contributed by atoms with Crippen molar-refractivity contribution in [2.75, 3.05) is 19.7 Å². The summed E-state index contributed by atoms with van der Waals surface area (Å²) in [6, 6.07) is 0.688. The van der Waals surface area contributed by atoms with Gasteiger partial charge in [0, 0.05) is 13.1 Å². The zero-order chi connectivity index (χ0) is 9.23. The highest BCUT2D eigenvalue weighted by Gasteiger charge is 1.94. The van der Waals surface area contributed by atoms with Crippen LogP contribution in [0, 0.1) is 0 Å². The molecule has 0 radical (unpaired) electrons. The molecule has 0 saturated carbocycles. The summed E-state index contributed by atoms with van der Waals surface area (Å²) in [6.45, 7) is 8.56. The van der Waals surface area contributed by atoms with Crippen LogP contribution in [-0.2, 0) is 4.74 Å². The van der Waals surface area contributed by atoms with Crippen LogP contribution in [0.1, 0.15) is 33.6 Å². The van der Waals surface area contributed by atoms with Gasteiger partial charge in [-0.15, -0.1) is 0 Å². The molecule has 0 aromatic heterocycles. The van der Waals surface area contributed by atoms with Gasteiger partial charge >= 0.3 is 0 Å². The van der Waals surface area contributed by atoms with E-state index in [1.165, 1.54) is 6.42 Å². The average Bonchev–Trinajstić information content (AvgIpc) is 2.06. The van der Waals surface area contributed by atoms with Gasteiger partial charge in [-0.05, 0) is 20.3 Å². The third-order valence-electron chi connectivity index (χ3n) is 1.38. The minimum Gasteiger partial charge on any atom is -0.466 e. The predicted octanol–water partition coefficient (Wildman–Crippen LogP) is 1.79. The van der Waals surface area contributed by atoms with E-state index in [4.69, 9.17) is 4.74 Å². The van der Waals surface area contributed by atoms with Crippen LogP contribution < -0.4 is 5.32 Å². The second-order valence-corrected chi connectivity index (χ2v) is 2.50. The quantitative estimate of drug-likeness (QED) is 0.389. The minimum atomic E-state index is 0.679. The Hall–Kier alpha value is -0.730. The van der Waals surface area contributed by atoms with E-state index < -0.39 is 0 Å². The molecule has 0 spiro atoms. The number of unbranched alkanes of at least 4 members (excludes halogenated alkanes) is 1. The Labute approximate surface area is 75.2 Å². The summed E-state index contributed by atoms with van der Waals surface area (Å²) in [5, 5.41) is 3.07. The second-order valence-electron chi connectivity index (χ2n) is 2.50. The Morgan fingerprint density at radius 2 is 2.08 bits per heavy atom. The number of ether oxygens (including phenoxy) is 1. The van der Waals surface area contributed by atoms with Gasteiger partial charge in [0.25, 0.3) is 6.02 Å². The maximum atomic E-state index is 5.27. The number of hydrogen-bond acceptors (Lipinski definition) is 2. The number of hydrogen-bond donors (Lipinski definition) is 1. The van der Waals surface area contributed by atoms with Crippen molar-refractivity contribution in [2.45, 2.75) is 33.6 Å². The fraction of sp³-hybridized carbons (Fsp3) is 0.889. The number of aliphatic imine (C=N–C) groups is 1. The summed E-state index contributed by atoms with van der Waals surface area (Å²) in [5.41, 5.74) is 0. The number of nitrogens with zero attached hydrogens (tertiary/aromatic N) is 1. The van der Waals surface area contributed by atoms with Crippen molar-refractivity contribution in [3.63, 3.8) is 0 Å². The first kappa shape index (κ1) is 11.3. The van der Waals surface area contributed by atoms with Gasteiger partial charge in [-0.1, -0.05) is 13.3 Å². The Morgan fingerprint density at radius 3 is 2.58 bits per heavy atom. The molecule has 0 heterocycles. The summed E-state index contributed by atoms with van der Waals surface area (Å²) in [4.78, 5) is 4.28. The number of amidine groups is 1. The van der Waals surface area contributed by atoms with Crippen molar-refractivity contribution in [1.29, 1.82) is 0 Å². The molecule has 12 heavy (non-hydrogen) atoms. The topological polar surface area (TPSA) is 33.6 Å². The molecule has 0 aliphatic carbocycles. The van der Waals surface area contributed by atoms with E-state index in [-0.39, 0.29) is 0 Å². The molecule has 0 fully saturated rings. The van der Waals surface area contributed by atoms with Gasteiger partial charge in [0.05, 0.1) is 6.61 Å². The molecule has 3 heteroatoms. The van der Waals surface area contributed by atoms with Gasteiger partial charge in [0.15, 0.2) is 0 Å². The van der Waals surface area contributed by atoms with Gasteiger partial charge < -0.3 is 10.1 Å². The SMILES string of the molecule is CCCCN=C(NCC)OCC. The van der Waals surface area contributed by atoms with Crippen LogP contribution in [0.4, 0.5) is 0 Å². The van der Waals surface area contributed by atoms with E-state index in [0.717, 1.165) is 19.5 Å². The molecule has 0 aliphatic rings. The summed E-state index contributed by atoms with van der Waals surface area (Å²) in [6.07, 6.45) is 2.30. The standard InChI is InChI=1S/C9H20N2O/c1-4-7-8-11-9(10-5-2)12-6-3/h4-8H2,1-3H3,(H,10,11). The largest absolute Gasteiger partial charge is 0.466 e. The maximum Gasteiger partial charge on any atom is 0.284 e. The van der Waals surface area contributed by atoms with Crippen LogP contribution in [0.3, 0.4) is 0 Å². The first-order valence-electron chi connectivity index (χ1n) is 4.76. The monoisotopic (exact) mass is 172 g/mol. The third-order valence-corrected chi connectivity index (χ3v) is 1.38. The number of rotatable bonds is 5. The van der Waals surface area contributed by atoms with E-state index in [0.29, 0.717) is 12.6 Å². The normalized spacial score (nSPS) is 11.4. The molecular formula is C9H20N2O. The maximum absolute atomic E-state index is 5.27. The summed E-state index contributed by atoms with van der Waals surface area (Å²) >= 11 is 0. The molecule has 72 valence electrons. The molecule has 3 nitrogen and oxygen atoms in total. The molecule has 0 atom stereocenters. The fourth-order valence-electron chi connectivity index (χ4n) is 0.779. The average molecular weight is 172 g/mol. The summed E-state index contributed by atoms with van der Waals surface area (Å²) < 4.78 is 5.27. The lowest BCUT2D eigenvalue weighted by atomic mass is 10.3. The molecule has 1 N–H and O–H groups in total. The van der Waals surface area contributed by atoms with Crippen LogP contribution in [0.15, 0.2) is 4.99 Å². The van der Waals surface area contributed by atoms with Crippen molar-refractivity contribution in [2.24, 2.45) is 4.99 Å². The van der Waals surface area contributed by atoms with Crippen molar-refractivity contribution in [3.8, 4) is 0 Å². The Balaban J connectivity index is 3.64. The van der Waals surface area contributed by atoms with Gasteiger partial charge in [0.2, 0.25) is 0 Å². The van der Waals surface area contributed by atoms with Crippen molar-refractivity contribution in [1.82, 2.24) is 5.32 Å². The lowest BCUT2D eigenvalue weighted by Gasteiger charge is -2.07. The molecule has 0 aromatic carbocycles. The molecule has 0 amide bonds. The van der Waals surface area contributed by atoms with Crippen LogP contribution >= 0.6 is 0 Å². The highest BCUT2D eigenvalue weighted by molar-refractivity contribution is 5.73. The van der Waals surface area contributed by atoms with Crippen LogP contribution in [0.2, 0.25) is 0 Å². The second kappa shape index (κ2) is 8.37. The van der Waals surface area contributed by atoms with Crippen LogP contribution in [0.25, 0.3) is 0 Å². The molecule has 0 aliphatic heterocycles. The smallest absolute Gasteiger partial charge is 0.284 e. The molecule has 0 rings (SSSR count). The highest BCUT2D eigenvalue weighted by atomic mass is 16.5. The van der Waals surface area contributed by atoms with E-state index in [1.54, 1.807) is 0 Å². The van der Waals surface area contributed by atoms with Gasteiger partial charge in [0.1, 0.15) is 0 Å². The zero-order valence-corrected chi connectivity index (χ0v) is 8.39. The number of nitrogens with one attached hydrogen (secondary N) is 1. The first-order valence-corrected chi connectivity index (χ1v) is 4.76. The van der Waals surface area contributed by atoms with Gasteiger partial charge in [-0.2, -0.15) is 0 Å². The Morgan fingerprint density at radius 1 is 1.33 bits per heavy atom. The molecular weight excluding hydrogens is 152 g/mol. The molecule has 0 unspecified atom stereocenters. The zero-order valence-electron chi connectivity index (χ0n) is 8.39. The molecule has 0 saturated heterocycles. The molecule has 0 bridgehead atoms. The van der Waals surface area contributed by atoms with Crippen molar-refractivity contribution < 1.29 is 4.74 Å². The Bertz CT molecular complexity index is 116. The lowest BCUT2D eigenvalue weighted by Crippen LogP contribution is -2.26. The van der Waals surface area contributed by atoms with Gasteiger partial charge in [-0.25, -0.2) is 4.99 Å². The van der Waals surface area contributed by atoms with E-state index in [9.17, 15) is 0 Å². The van der Waals surface area contributed by atoms with Gasteiger partial charge in [-0.3, -0.25) is 0 Å². The van der Waals surface area contributed by atoms with Crippen LogP contribution in [-0.4, -0.2) is 25.7 Å². The highest BCUT2D eigenvalue weighted by Crippen LogP contribution is 1.88. The van der Waals surface area contributed by atoms with Crippen LogP contribution in [0.5, 0.6) is 0 Å². The summed E-state index contributed by atoms with van der Waals surface area (Å²) in [5.74, 6) is 0. The van der Waals surface area contributed by atoms with E-state index in [2.05, 4.69) is 17.2 Å². The fourth-order valence-corrected chi connectivity index (χ4v) is 0.779.